The van der Waals surface area contributed by atoms with Gasteiger partial charge in [0, 0.05) is 17.9 Å². The Kier molecular flexibility index (Phi) is 6.09. The van der Waals surface area contributed by atoms with Crippen LogP contribution in [0.25, 0.3) is 0 Å². The van der Waals surface area contributed by atoms with Crippen LogP contribution >= 0.6 is 15.9 Å². The minimum Gasteiger partial charge on any atom is -0.350 e. The van der Waals surface area contributed by atoms with Crippen molar-refractivity contribution in [2.45, 2.75) is 20.4 Å². The molecule has 0 aliphatic carbocycles. The van der Waals surface area contributed by atoms with Crippen molar-refractivity contribution < 1.29 is 14.0 Å². The minimum atomic E-state index is -0.322. The summed E-state index contributed by atoms with van der Waals surface area (Å²) in [4.78, 5) is 25.5. The molecule has 2 aromatic rings. The van der Waals surface area contributed by atoms with Gasteiger partial charge < -0.3 is 10.2 Å². The molecular weight excluding hydrogens is 375 g/mol. The fourth-order valence-corrected chi connectivity index (χ4v) is 2.91. The van der Waals surface area contributed by atoms with Crippen LogP contribution < -0.4 is 10.2 Å². The minimum absolute atomic E-state index is 0.0851. The highest BCUT2D eigenvalue weighted by molar-refractivity contribution is 9.10. The van der Waals surface area contributed by atoms with Crippen molar-refractivity contribution in [1.82, 2.24) is 5.32 Å². The lowest BCUT2D eigenvalue weighted by Crippen LogP contribution is -2.39. The molecule has 0 atom stereocenters. The van der Waals surface area contributed by atoms with Gasteiger partial charge in [0.05, 0.1) is 5.69 Å². The molecule has 0 saturated carbocycles. The van der Waals surface area contributed by atoms with E-state index in [9.17, 15) is 14.0 Å². The molecule has 0 radical (unpaired) electrons. The molecule has 2 amide bonds. The van der Waals surface area contributed by atoms with E-state index in [0.29, 0.717) is 5.69 Å². The van der Waals surface area contributed by atoms with Crippen molar-refractivity contribution in [2.75, 3.05) is 11.4 Å². The standard InChI is InChI=1S/C18H18BrFN2O2/c1-12-3-8-17(16(19)9-12)22(13(2)23)11-18(24)21-10-14-4-6-15(20)7-5-14/h3-9H,10-11H2,1-2H3,(H,21,24). The molecule has 2 rings (SSSR count). The van der Waals surface area contributed by atoms with E-state index in [2.05, 4.69) is 21.2 Å². The molecule has 6 heteroatoms. The largest absolute Gasteiger partial charge is 0.350 e. The van der Waals surface area contributed by atoms with Gasteiger partial charge in [0.25, 0.3) is 0 Å². The van der Waals surface area contributed by atoms with Crippen LogP contribution in [0.2, 0.25) is 0 Å². The van der Waals surface area contributed by atoms with Crippen LogP contribution in [0.15, 0.2) is 46.9 Å². The van der Waals surface area contributed by atoms with Gasteiger partial charge in [-0.05, 0) is 58.2 Å². The molecule has 0 bridgehead atoms. The van der Waals surface area contributed by atoms with Crippen LogP contribution in [0.4, 0.5) is 10.1 Å². The number of benzene rings is 2. The molecule has 0 unspecified atom stereocenters. The molecule has 4 nitrogen and oxygen atoms in total. The molecule has 0 aliphatic heterocycles. The van der Waals surface area contributed by atoms with Crippen molar-refractivity contribution in [3.8, 4) is 0 Å². The Morgan fingerprint density at radius 1 is 1.17 bits per heavy atom. The van der Waals surface area contributed by atoms with Gasteiger partial charge in [-0.1, -0.05) is 18.2 Å². The summed E-state index contributed by atoms with van der Waals surface area (Å²) in [5, 5.41) is 2.73. The summed E-state index contributed by atoms with van der Waals surface area (Å²) < 4.78 is 13.6. The van der Waals surface area contributed by atoms with Crippen molar-refractivity contribution in [3.63, 3.8) is 0 Å². The zero-order valence-electron chi connectivity index (χ0n) is 13.5. The molecule has 0 spiro atoms. The number of nitrogens with zero attached hydrogens (tertiary/aromatic N) is 1. The third-order valence-electron chi connectivity index (χ3n) is 3.48. The first-order valence-corrected chi connectivity index (χ1v) is 8.21. The van der Waals surface area contributed by atoms with Gasteiger partial charge >= 0.3 is 0 Å². The summed E-state index contributed by atoms with van der Waals surface area (Å²) in [5.41, 5.74) is 2.48. The Balaban J connectivity index is 2.03. The van der Waals surface area contributed by atoms with E-state index in [0.717, 1.165) is 15.6 Å². The topological polar surface area (TPSA) is 49.4 Å². The van der Waals surface area contributed by atoms with Crippen LogP contribution in [0.1, 0.15) is 18.1 Å². The molecular formula is C18H18BrFN2O2. The third-order valence-corrected chi connectivity index (χ3v) is 4.11. The lowest BCUT2D eigenvalue weighted by atomic mass is 10.2. The summed E-state index contributed by atoms with van der Waals surface area (Å²) in [7, 11) is 0. The predicted molar refractivity (Wildman–Crippen MR) is 95.2 cm³/mol. The number of carbonyl (C=O) groups is 2. The fourth-order valence-electron chi connectivity index (χ4n) is 2.20. The monoisotopic (exact) mass is 392 g/mol. The molecule has 0 saturated heterocycles. The predicted octanol–water partition coefficient (Wildman–Crippen LogP) is 3.57. The molecule has 126 valence electrons. The van der Waals surface area contributed by atoms with Crippen LogP contribution in [0.5, 0.6) is 0 Å². The van der Waals surface area contributed by atoms with E-state index in [4.69, 9.17) is 0 Å². The number of hydrogen-bond acceptors (Lipinski definition) is 2. The number of hydrogen-bond donors (Lipinski definition) is 1. The van der Waals surface area contributed by atoms with Gasteiger partial charge in [0.15, 0.2) is 0 Å². The van der Waals surface area contributed by atoms with Crippen LogP contribution in [-0.4, -0.2) is 18.4 Å². The Hall–Kier alpha value is -2.21. The maximum absolute atomic E-state index is 12.9. The number of carbonyl (C=O) groups excluding carboxylic acids is 2. The highest BCUT2D eigenvalue weighted by Crippen LogP contribution is 2.27. The van der Waals surface area contributed by atoms with Gasteiger partial charge in [-0.15, -0.1) is 0 Å². The lowest BCUT2D eigenvalue weighted by molar-refractivity contribution is -0.123. The Morgan fingerprint density at radius 3 is 2.42 bits per heavy atom. The number of nitrogens with one attached hydrogen (secondary N) is 1. The molecule has 1 N–H and O–H groups in total. The number of aryl methyl sites for hydroxylation is 1. The quantitative estimate of drug-likeness (QED) is 0.845. The Bertz CT molecular complexity index is 747. The van der Waals surface area contributed by atoms with Gasteiger partial charge in [-0.25, -0.2) is 4.39 Å². The number of amides is 2. The zero-order valence-corrected chi connectivity index (χ0v) is 15.1. The molecule has 24 heavy (non-hydrogen) atoms. The smallest absolute Gasteiger partial charge is 0.240 e. The van der Waals surface area contributed by atoms with Crippen LogP contribution in [0.3, 0.4) is 0 Å². The summed E-state index contributed by atoms with van der Waals surface area (Å²) >= 11 is 3.43. The third kappa shape index (κ3) is 4.89. The van der Waals surface area contributed by atoms with Gasteiger partial charge in [-0.3, -0.25) is 9.59 Å². The number of anilines is 1. The highest BCUT2D eigenvalue weighted by atomic mass is 79.9. The van der Waals surface area contributed by atoms with E-state index in [1.807, 2.05) is 19.1 Å². The zero-order chi connectivity index (χ0) is 17.7. The molecule has 0 heterocycles. The normalized spacial score (nSPS) is 10.3. The van der Waals surface area contributed by atoms with Crippen molar-refractivity contribution in [1.29, 1.82) is 0 Å². The maximum atomic E-state index is 12.9. The summed E-state index contributed by atoms with van der Waals surface area (Å²) in [5.74, 6) is -0.837. The lowest BCUT2D eigenvalue weighted by Gasteiger charge is -2.22. The van der Waals surface area contributed by atoms with Crippen molar-refractivity contribution in [2.24, 2.45) is 0 Å². The van der Waals surface area contributed by atoms with Gasteiger partial charge in [-0.2, -0.15) is 0 Å². The van der Waals surface area contributed by atoms with E-state index < -0.39 is 0 Å². The number of halogens is 2. The van der Waals surface area contributed by atoms with Gasteiger partial charge in [0.2, 0.25) is 11.8 Å². The summed E-state index contributed by atoms with van der Waals surface area (Å²) in [6, 6.07) is 11.5. The second-order valence-corrected chi connectivity index (χ2v) is 6.32. The first kappa shape index (κ1) is 18.1. The first-order valence-electron chi connectivity index (χ1n) is 7.42. The van der Waals surface area contributed by atoms with Crippen molar-refractivity contribution >= 4 is 33.4 Å². The number of rotatable bonds is 5. The van der Waals surface area contributed by atoms with Crippen LogP contribution in [0, 0.1) is 12.7 Å². The van der Waals surface area contributed by atoms with Crippen LogP contribution in [-0.2, 0) is 16.1 Å². The summed E-state index contributed by atoms with van der Waals surface area (Å²) in [6.07, 6.45) is 0. The molecule has 0 fully saturated rings. The van der Waals surface area contributed by atoms with E-state index >= 15 is 0 Å². The second kappa shape index (κ2) is 8.06. The van der Waals surface area contributed by atoms with E-state index in [-0.39, 0.29) is 30.7 Å². The Morgan fingerprint density at radius 2 is 1.83 bits per heavy atom. The van der Waals surface area contributed by atoms with Crippen molar-refractivity contribution in [3.05, 3.63) is 63.9 Å². The summed E-state index contributed by atoms with van der Waals surface area (Å²) in [6.45, 7) is 3.56. The van der Waals surface area contributed by atoms with E-state index in [1.54, 1.807) is 18.2 Å². The molecule has 2 aromatic carbocycles. The SMILES string of the molecule is CC(=O)N(CC(=O)NCc1ccc(F)cc1)c1ccc(C)cc1Br. The fraction of sp³-hybridized carbons (Fsp3) is 0.222. The molecule has 0 aromatic heterocycles. The highest BCUT2D eigenvalue weighted by Gasteiger charge is 2.18. The Labute approximate surface area is 148 Å². The van der Waals surface area contributed by atoms with Gasteiger partial charge in [0.1, 0.15) is 12.4 Å². The first-order chi connectivity index (χ1) is 11.4. The second-order valence-electron chi connectivity index (χ2n) is 5.46. The average molecular weight is 393 g/mol. The average Bonchev–Trinajstić information content (AvgIpc) is 2.52. The maximum Gasteiger partial charge on any atom is 0.240 e. The molecule has 0 aliphatic rings. The van der Waals surface area contributed by atoms with E-state index in [1.165, 1.54) is 24.0 Å².